The molecule has 0 saturated heterocycles. The molecule has 0 aliphatic carbocycles. The van der Waals surface area contributed by atoms with Crippen molar-refractivity contribution >= 4 is 27.7 Å². The first kappa shape index (κ1) is 15.5. The minimum absolute atomic E-state index is 0.252. The molecule has 1 aromatic carbocycles. The minimum atomic E-state index is -0.252. The fraction of sp³-hybridized carbons (Fsp3) is 0.188. The molecule has 7 heteroatoms. The molecule has 3 aromatic rings. The first-order valence-electron chi connectivity index (χ1n) is 7.11. The van der Waals surface area contributed by atoms with E-state index in [4.69, 9.17) is 0 Å². The Bertz CT molecular complexity index is 832. The maximum Gasteiger partial charge on any atom is 0.276 e. The van der Waals surface area contributed by atoms with E-state index >= 15 is 0 Å². The fourth-order valence-electron chi connectivity index (χ4n) is 2.36. The predicted octanol–water partition coefficient (Wildman–Crippen LogP) is 2.99. The number of benzene rings is 1. The summed E-state index contributed by atoms with van der Waals surface area (Å²) in [5.41, 5.74) is 2.84. The van der Waals surface area contributed by atoms with Crippen LogP contribution in [0, 0.1) is 6.92 Å². The predicted molar refractivity (Wildman–Crippen MR) is 91.4 cm³/mol. The molecule has 0 unspecified atom stereocenters. The number of rotatable bonds is 4. The summed E-state index contributed by atoms with van der Waals surface area (Å²) in [5.74, 6) is 0.258. The Labute approximate surface area is 142 Å². The quantitative estimate of drug-likeness (QED) is 0.764. The first-order chi connectivity index (χ1) is 11.0. The molecular weight excluding hydrogens is 358 g/mol. The molecule has 3 rings (SSSR count). The normalized spacial score (nSPS) is 10.7. The van der Waals surface area contributed by atoms with Crippen LogP contribution >= 0.6 is 15.9 Å². The van der Waals surface area contributed by atoms with Gasteiger partial charge in [-0.1, -0.05) is 29.8 Å². The molecular formula is C16H16BrN5O. The Hall–Kier alpha value is -2.41. The molecule has 118 valence electrons. The molecule has 0 aliphatic rings. The first-order valence-corrected chi connectivity index (χ1v) is 7.90. The molecule has 2 aromatic heterocycles. The lowest BCUT2D eigenvalue weighted by Crippen LogP contribution is -2.17. The number of anilines is 1. The zero-order chi connectivity index (χ0) is 16.4. The molecule has 2 heterocycles. The number of nitrogens with one attached hydrogen (secondary N) is 1. The fourth-order valence-corrected chi connectivity index (χ4v) is 2.88. The highest BCUT2D eigenvalue weighted by Gasteiger charge is 2.16. The number of amides is 1. The van der Waals surface area contributed by atoms with Crippen LogP contribution in [0.3, 0.4) is 0 Å². The highest BCUT2D eigenvalue weighted by atomic mass is 79.9. The van der Waals surface area contributed by atoms with E-state index in [2.05, 4.69) is 56.6 Å². The van der Waals surface area contributed by atoms with Gasteiger partial charge in [0.25, 0.3) is 5.91 Å². The Morgan fingerprint density at radius 3 is 2.87 bits per heavy atom. The van der Waals surface area contributed by atoms with Crippen LogP contribution in [-0.2, 0) is 13.6 Å². The van der Waals surface area contributed by atoms with Crippen molar-refractivity contribution in [3.63, 3.8) is 0 Å². The lowest BCUT2D eigenvalue weighted by Gasteiger charge is -2.04. The zero-order valence-electron chi connectivity index (χ0n) is 12.8. The van der Waals surface area contributed by atoms with Crippen LogP contribution in [0.25, 0.3) is 0 Å². The molecule has 0 aliphatic heterocycles. The van der Waals surface area contributed by atoms with Crippen LogP contribution in [0.1, 0.15) is 21.6 Å². The van der Waals surface area contributed by atoms with Crippen LogP contribution in [0.5, 0.6) is 0 Å². The topological polar surface area (TPSA) is 64.7 Å². The van der Waals surface area contributed by atoms with Crippen molar-refractivity contribution < 1.29 is 4.79 Å². The molecule has 1 N–H and O–H groups in total. The van der Waals surface area contributed by atoms with E-state index in [1.54, 1.807) is 24.0 Å². The molecule has 0 saturated carbocycles. The van der Waals surface area contributed by atoms with E-state index < -0.39 is 0 Å². The third-order valence-electron chi connectivity index (χ3n) is 3.42. The molecule has 1 amide bonds. The van der Waals surface area contributed by atoms with E-state index in [0.29, 0.717) is 22.5 Å². The Morgan fingerprint density at radius 2 is 2.17 bits per heavy atom. The number of carbonyl (C=O) groups is 1. The summed E-state index contributed by atoms with van der Waals surface area (Å²) in [5, 5.41) is 11.2. The van der Waals surface area contributed by atoms with Crippen LogP contribution < -0.4 is 5.32 Å². The van der Waals surface area contributed by atoms with Crippen LogP contribution in [0.2, 0.25) is 0 Å². The van der Waals surface area contributed by atoms with E-state index in [0.717, 1.165) is 0 Å². The number of hydrogen-bond donors (Lipinski definition) is 1. The zero-order valence-corrected chi connectivity index (χ0v) is 14.4. The SMILES string of the molecule is Cc1cccc(Cn2ccc(NC(=O)c3c(Br)cnn3C)n2)c1. The molecule has 23 heavy (non-hydrogen) atoms. The molecule has 0 atom stereocenters. The lowest BCUT2D eigenvalue weighted by atomic mass is 10.1. The molecule has 0 radical (unpaired) electrons. The lowest BCUT2D eigenvalue weighted by molar-refractivity contribution is 0.101. The molecule has 6 nitrogen and oxygen atoms in total. The van der Waals surface area contributed by atoms with Gasteiger partial charge >= 0.3 is 0 Å². The Kier molecular flexibility index (Phi) is 4.29. The number of aromatic nitrogens is 4. The van der Waals surface area contributed by atoms with Crippen molar-refractivity contribution in [2.45, 2.75) is 13.5 Å². The number of halogens is 1. The van der Waals surface area contributed by atoms with Gasteiger partial charge in [-0.25, -0.2) is 0 Å². The van der Waals surface area contributed by atoms with Gasteiger partial charge in [0.05, 0.1) is 17.2 Å². The number of nitrogens with zero attached hydrogens (tertiary/aromatic N) is 4. The van der Waals surface area contributed by atoms with Crippen molar-refractivity contribution in [2.24, 2.45) is 7.05 Å². The summed E-state index contributed by atoms with van der Waals surface area (Å²) in [6.45, 7) is 2.72. The summed E-state index contributed by atoms with van der Waals surface area (Å²) >= 11 is 3.32. The maximum atomic E-state index is 12.3. The van der Waals surface area contributed by atoms with E-state index in [-0.39, 0.29) is 5.91 Å². The summed E-state index contributed by atoms with van der Waals surface area (Å²) in [4.78, 5) is 12.3. The number of carbonyl (C=O) groups excluding carboxylic acids is 1. The second-order valence-corrected chi connectivity index (χ2v) is 6.16. The van der Waals surface area contributed by atoms with Crippen molar-refractivity contribution in [3.05, 3.63) is 64.0 Å². The van der Waals surface area contributed by atoms with Gasteiger partial charge in [-0.15, -0.1) is 0 Å². The van der Waals surface area contributed by atoms with Gasteiger partial charge < -0.3 is 5.32 Å². The molecule has 0 bridgehead atoms. The Balaban J connectivity index is 1.71. The Morgan fingerprint density at radius 1 is 1.35 bits per heavy atom. The third kappa shape index (κ3) is 3.50. The minimum Gasteiger partial charge on any atom is -0.304 e. The van der Waals surface area contributed by atoms with Crippen molar-refractivity contribution in [2.75, 3.05) is 5.32 Å². The average Bonchev–Trinajstić information content (AvgIpc) is 3.06. The van der Waals surface area contributed by atoms with E-state index in [9.17, 15) is 4.79 Å². The van der Waals surface area contributed by atoms with Crippen molar-refractivity contribution in [1.82, 2.24) is 19.6 Å². The molecule has 0 spiro atoms. The smallest absolute Gasteiger partial charge is 0.276 e. The van der Waals surface area contributed by atoms with Crippen LogP contribution in [0.15, 0.2) is 47.2 Å². The van der Waals surface area contributed by atoms with Gasteiger partial charge in [0.15, 0.2) is 5.82 Å². The van der Waals surface area contributed by atoms with Crippen LogP contribution in [0.4, 0.5) is 5.82 Å². The maximum absolute atomic E-state index is 12.3. The van der Waals surface area contributed by atoms with E-state index in [1.807, 2.05) is 12.3 Å². The highest BCUT2D eigenvalue weighted by molar-refractivity contribution is 9.10. The van der Waals surface area contributed by atoms with Gasteiger partial charge in [0, 0.05) is 19.3 Å². The van der Waals surface area contributed by atoms with Gasteiger partial charge in [-0.05, 0) is 28.4 Å². The number of hydrogen-bond acceptors (Lipinski definition) is 3. The standard InChI is InChI=1S/C16H16BrN5O/c1-11-4-3-5-12(8-11)10-22-7-6-14(20-22)19-16(23)15-13(17)9-18-21(15)2/h3-9H,10H2,1-2H3,(H,19,20,23). The van der Waals surface area contributed by atoms with Gasteiger partial charge in [-0.2, -0.15) is 10.2 Å². The largest absolute Gasteiger partial charge is 0.304 e. The van der Waals surface area contributed by atoms with Gasteiger partial charge in [0.2, 0.25) is 0 Å². The van der Waals surface area contributed by atoms with E-state index in [1.165, 1.54) is 15.8 Å². The van der Waals surface area contributed by atoms with Crippen molar-refractivity contribution in [1.29, 1.82) is 0 Å². The number of aryl methyl sites for hydroxylation is 2. The average molecular weight is 374 g/mol. The molecule has 0 fully saturated rings. The van der Waals surface area contributed by atoms with Gasteiger partial charge in [0.1, 0.15) is 5.69 Å². The summed E-state index contributed by atoms with van der Waals surface area (Å²) in [7, 11) is 1.72. The summed E-state index contributed by atoms with van der Waals surface area (Å²) in [6, 6.07) is 10.0. The second kappa shape index (κ2) is 6.37. The van der Waals surface area contributed by atoms with Gasteiger partial charge in [-0.3, -0.25) is 14.2 Å². The van der Waals surface area contributed by atoms with Crippen LogP contribution in [-0.4, -0.2) is 25.5 Å². The van der Waals surface area contributed by atoms with Crippen molar-refractivity contribution in [3.8, 4) is 0 Å². The highest BCUT2D eigenvalue weighted by Crippen LogP contribution is 2.16. The summed E-state index contributed by atoms with van der Waals surface area (Å²) in [6.07, 6.45) is 3.43. The monoisotopic (exact) mass is 373 g/mol. The summed E-state index contributed by atoms with van der Waals surface area (Å²) < 4.78 is 3.96. The third-order valence-corrected chi connectivity index (χ3v) is 4.00. The second-order valence-electron chi connectivity index (χ2n) is 5.31.